The number of rotatable bonds is 10. The molecule has 0 bridgehead atoms. The molecule has 4 aromatic rings. The van der Waals surface area contributed by atoms with E-state index in [9.17, 15) is 4.79 Å². The quantitative estimate of drug-likeness (QED) is 0.301. The summed E-state index contributed by atoms with van der Waals surface area (Å²) in [6.45, 7) is 4.84. The highest BCUT2D eigenvalue weighted by molar-refractivity contribution is 7.99. The Labute approximate surface area is 211 Å². The first-order valence-electron chi connectivity index (χ1n) is 12.0. The van der Waals surface area contributed by atoms with Gasteiger partial charge in [0.05, 0.1) is 24.4 Å². The SMILES string of the molecule is CCC(c1nnc(SCC(=O)NC(C)c2ccc3ccccc3c2)n1Cc1ccccc1)N(C)C. The number of hydrogen-bond donors (Lipinski definition) is 1. The molecule has 0 aliphatic heterocycles. The van der Waals surface area contributed by atoms with Crippen LogP contribution >= 0.6 is 11.8 Å². The molecule has 4 rings (SSSR count). The van der Waals surface area contributed by atoms with Crippen LogP contribution in [0.15, 0.2) is 78.0 Å². The van der Waals surface area contributed by atoms with E-state index in [2.05, 4.69) is 88.5 Å². The summed E-state index contributed by atoms with van der Waals surface area (Å²) in [4.78, 5) is 15.0. The maximum absolute atomic E-state index is 12.8. The molecule has 1 heterocycles. The number of nitrogens with one attached hydrogen (secondary N) is 1. The first-order chi connectivity index (χ1) is 17.0. The summed E-state index contributed by atoms with van der Waals surface area (Å²) in [5, 5.41) is 15.3. The molecule has 0 saturated carbocycles. The van der Waals surface area contributed by atoms with Gasteiger partial charge in [-0.2, -0.15) is 0 Å². The average molecular weight is 488 g/mol. The normalized spacial score (nSPS) is 13.2. The number of thioether (sulfide) groups is 1. The van der Waals surface area contributed by atoms with Crippen molar-refractivity contribution in [1.29, 1.82) is 0 Å². The van der Waals surface area contributed by atoms with Crippen LogP contribution in [0.3, 0.4) is 0 Å². The fourth-order valence-electron chi connectivity index (χ4n) is 4.32. The second-order valence-corrected chi connectivity index (χ2v) is 9.93. The number of benzene rings is 3. The molecule has 1 amide bonds. The van der Waals surface area contributed by atoms with Gasteiger partial charge >= 0.3 is 0 Å². The lowest BCUT2D eigenvalue weighted by atomic mass is 10.0. The zero-order valence-corrected chi connectivity index (χ0v) is 21.6. The summed E-state index contributed by atoms with van der Waals surface area (Å²) in [5.74, 6) is 1.18. The predicted octanol–water partition coefficient (Wildman–Crippen LogP) is 5.46. The van der Waals surface area contributed by atoms with Gasteiger partial charge in [0, 0.05) is 0 Å². The minimum Gasteiger partial charge on any atom is -0.349 e. The van der Waals surface area contributed by atoms with Gasteiger partial charge in [0.1, 0.15) is 0 Å². The maximum atomic E-state index is 12.8. The van der Waals surface area contributed by atoms with Crippen molar-refractivity contribution >= 4 is 28.4 Å². The number of nitrogens with zero attached hydrogens (tertiary/aromatic N) is 4. The fraction of sp³-hybridized carbons (Fsp3) is 0.321. The predicted molar refractivity (Wildman–Crippen MR) is 144 cm³/mol. The van der Waals surface area contributed by atoms with Gasteiger partial charge < -0.3 is 9.88 Å². The van der Waals surface area contributed by atoms with Crippen LogP contribution in [0, 0.1) is 0 Å². The Morgan fingerprint density at radius 1 is 1.00 bits per heavy atom. The Hall–Kier alpha value is -3.16. The van der Waals surface area contributed by atoms with Crippen molar-refractivity contribution in [1.82, 2.24) is 25.0 Å². The van der Waals surface area contributed by atoms with Gasteiger partial charge in [-0.05, 0) is 55.4 Å². The van der Waals surface area contributed by atoms with Gasteiger partial charge in [0.2, 0.25) is 5.91 Å². The Morgan fingerprint density at radius 3 is 2.43 bits per heavy atom. The lowest BCUT2D eigenvalue weighted by Crippen LogP contribution is -2.28. The standard InChI is InChI=1S/C28H33N5OS/c1-5-25(32(3)4)27-30-31-28(33(27)18-21-11-7-6-8-12-21)35-19-26(34)29-20(2)23-16-15-22-13-9-10-14-24(22)17-23/h6-17,20,25H,5,18-19H2,1-4H3,(H,29,34). The number of aromatic nitrogens is 3. The third-order valence-electron chi connectivity index (χ3n) is 6.22. The van der Waals surface area contributed by atoms with E-state index in [1.807, 2.05) is 37.3 Å². The zero-order chi connectivity index (χ0) is 24.8. The topological polar surface area (TPSA) is 63.1 Å². The lowest BCUT2D eigenvalue weighted by molar-refractivity contribution is -0.119. The number of amides is 1. The Bertz CT molecular complexity index is 1270. The first kappa shape index (κ1) is 24.9. The van der Waals surface area contributed by atoms with Crippen molar-refractivity contribution in [2.45, 2.75) is 44.1 Å². The van der Waals surface area contributed by atoms with Crippen molar-refractivity contribution in [2.24, 2.45) is 0 Å². The molecule has 7 heteroatoms. The highest BCUT2D eigenvalue weighted by atomic mass is 32.2. The average Bonchev–Trinajstić information content (AvgIpc) is 3.25. The fourth-order valence-corrected chi connectivity index (χ4v) is 5.08. The lowest BCUT2D eigenvalue weighted by Gasteiger charge is -2.23. The third kappa shape index (κ3) is 6.10. The van der Waals surface area contributed by atoms with Crippen LogP contribution in [-0.2, 0) is 11.3 Å². The number of fused-ring (bicyclic) bond motifs is 1. The molecule has 0 aliphatic rings. The summed E-state index contributed by atoms with van der Waals surface area (Å²) >= 11 is 1.43. The second-order valence-electron chi connectivity index (χ2n) is 8.98. The van der Waals surface area contributed by atoms with Crippen molar-refractivity contribution in [3.63, 3.8) is 0 Å². The summed E-state index contributed by atoms with van der Waals surface area (Å²) in [5.41, 5.74) is 2.27. The number of carbonyl (C=O) groups excluding carboxylic acids is 1. The highest BCUT2D eigenvalue weighted by Gasteiger charge is 2.23. The van der Waals surface area contributed by atoms with Crippen LogP contribution in [0.5, 0.6) is 0 Å². The van der Waals surface area contributed by atoms with Gasteiger partial charge in [-0.15, -0.1) is 10.2 Å². The smallest absolute Gasteiger partial charge is 0.230 e. The summed E-state index contributed by atoms with van der Waals surface area (Å²) in [6, 6.07) is 25.0. The van der Waals surface area contributed by atoms with Crippen LogP contribution in [0.1, 0.15) is 49.3 Å². The van der Waals surface area contributed by atoms with E-state index in [-0.39, 0.29) is 23.7 Å². The largest absolute Gasteiger partial charge is 0.349 e. The van der Waals surface area contributed by atoms with E-state index in [0.717, 1.165) is 23.0 Å². The van der Waals surface area contributed by atoms with Gasteiger partial charge in [-0.1, -0.05) is 85.4 Å². The van der Waals surface area contributed by atoms with Crippen LogP contribution in [0.2, 0.25) is 0 Å². The monoisotopic (exact) mass is 487 g/mol. The van der Waals surface area contributed by atoms with E-state index in [1.54, 1.807) is 0 Å². The van der Waals surface area contributed by atoms with Crippen molar-refractivity contribution < 1.29 is 4.79 Å². The summed E-state index contributed by atoms with van der Waals surface area (Å²) < 4.78 is 2.15. The molecule has 6 nitrogen and oxygen atoms in total. The molecule has 3 aromatic carbocycles. The molecule has 0 aliphatic carbocycles. The van der Waals surface area contributed by atoms with Gasteiger partial charge in [-0.25, -0.2) is 0 Å². The molecular weight excluding hydrogens is 454 g/mol. The first-order valence-corrected chi connectivity index (χ1v) is 13.0. The van der Waals surface area contributed by atoms with Crippen molar-refractivity contribution in [3.05, 3.63) is 89.7 Å². The second kappa shape index (κ2) is 11.5. The number of hydrogen-bond acceptors (Lipinski definition) is 5. The Morgan fingerprint density at radius 2 is 1.71 bits per heavy atom. The number of carbonyl (C=O) groups is 1. The van der Waals surface area contributed by atoms with Gasteiger partial charge in [0.25, 0.3) is 0 Å². The maximum Gasteiger partial charge on any atom is 0.230 e. The van der Waals surface area contributed by atoms with Crippen LogP contribution in [-0.4, -0.2) is 45.4 Å². The van der Waals surface area contributed by atoms with Crippen molar-refractivity contribution in [2.75, 3.05) is 19.8 Å². The summed E-state index contributed by atoms with van der Waals surface area (Å²) in [7, 11) is 4.12. The van der Waals surface area contributed by atoms with E-state index in [0.29, 0.717) is 6.54 Å². The molecule has 182 valence electrons. The van der Waals surface area contributed by atoms with Crippen LogP contribution in [0.25, 0.3) is 10.8 Å². The molecule has 0 radical (unpaired) electrons. The van der Waals surface area contributed by atoms with Crippen molar-refractivity contribution in [3.8, 4) is 0 Å². The van der Waals surface area contributed by atoms with E-state index >= 15 is 0 Å². The molecule has 2 unspecified atom stereocenters. The molecular formula is C28H33N5OS. The molecule has 1 N–H and O–H groups in total. The summed E-state index contributed by atoms with van der Waals surface area (Å²) in [6.07, 6.45) is 0.925. The molecule has 0 fully saturated rings. The van der Waals surface area contributed by atoms with Gasteiger partial charge in [-0.3, -0.25) is 9.69 Å². The minimum atomic E-state index is -0.0799. The van der Waals surface area contributed by atoms with E-state index < -0.39 is 0 Å². The van der Waals surface area contributed by atoms with E-state index in [1.165, 1.54) is 28.1 Å². The molecule has 0 saturated heterocycles. The molecule has 1 aromatic heterocycles. The molecule has 0 spiro atoms. The molecule has 2 atom stereocenters. The molecule has 35 heavy (non-hydrogen) atoms. The Kier molecular flexibility index (Phi) is 8.21. The van der Waals surface area contributed by atoms with E-state index in [4.69, 9.17) is 0 Å². The van der Waals surface area contributed by atoms with Crippen LogP contribution in [0.4, 0.5) is 0 Å². The minimum absolute atomic E-state index is 0.0221. The third-order valence-corrected chi connectivity index (χ3v) is 7.19. The highest BCUT2D eigenvalue weighted by Crippen LogP contribution is 2.26. The van der Waals surface area contributed by atoms with Gasteiger partial charge in [0.15, 0.2) is 11.0 Å². The zero-order valence-electron chi connectivity index (χ0n) is 20.8. The Balaban J connectivity index is 1.46. The van der Waals surface area contributed by atoms with Crippen LogP contribution < -0.4 is 5.32 Å².